The first-order valence-corrected chi connectivity index (χ1v) is 8.54. The average molecular weight is 364 g/mol. The van der Waals surface area contributed by atoms with Crippen molar-refractivity contribution in [1.82, 2.24) is 0 Å². The number of esters is 1. The zero-order valence-electron chi connectivity index (χ0n) is 15.9. The molecule has 1 rings (SSSR count). The normalized spacial score (nSPS) is 12.0. The Hall–Kier alpha value is -2.50. The zero-order chi connectivity index (χ0) is 19.6. The molecule has 6 nitrogen and oxygen atoms in total. The highest BCUT2D eigenvalue weighted by molar-refractivity contribution is 5.78. The fourth-order valence-corrected chi connectivity index (χ4v) is 1.79. The second kappa shape index (κ2) is 9.85. The molecule has 144 valence electrons. The summed E-state index contributed by atoms with van der Waals surface area (Å²) >= 11 is 0. The quantitative estimate of drug-likeness (QED) is 0.276. The van der Waals surface area contributed by atoms with Crippen molar-refractivity contribution in [2.75, 3.05) is 13.2 Å². The number of ether oxygens (including phenoxy) is 3. The fourth-order valence-electron chi connectivity index (χ4n) is 1.79. The molecule has 6 heteroatoms. The number of carboxylic acids is 1. The molecule has 0 heterocycles. The van der Waals surface area contributed by atoms with E-state index in [0.717, 1.165) is 0 Å². The summed E-state index contributed by atoms with van der Waals surface area (Å²) in [6, 6.07) is 8.93. The standard InChI is InChI=1S/C20H28O6/c1-19(2,17(21)22)10-12-24-14-15-25-13-11-20(3,4)18(23)26-16-8-6-5-7-9-16/h5-9,14-15H,10-13H2,1-4H3,(H,21,22)/b15-14+. The molecule has 0 aliphatic rings. The summed E-state index contributed by atoms with van der Waals surface area (Å²) in [5.74, 6) is -0.654. The first-order valence-electron chi connectivity index (χ1n) is 8.54. The van der Waals surface area contributed by atoms with E-state index in [9.17, 15) is 9.59 Å². The topological polar surface area (TPSA) is 82.1 Å². The van der Waals surface area contributed by atoms with Crippen molar-refractivity contribution < 1.29 is 28.9 Å². The molecule has 0 bridgehead atoms. The Kier molecular flexibility index (Phi) is 8.16. The van der Waals surface area contributed by atoms with Crippen LogP contribution in [0.1, 0.15) is 40.5 Å². The highest BCUT2D eigenvalue weighted by Crippen LogP contribution is 2.24. The lowest BCUT2D eigenvalue weighted by Crippen LogP contribution is -2.30. The predicted molar refractivity (Wildman–Crippen MR) is 97.6 cm³/mol. The van der Waals surface area contributed by atoms with Crippen LogP contribution in [0.25, 0.3) is 0 Å². The second-order valence-corrected chi connectivity index (χ2v) is 7.29. The molecule has 0 saturated carbocycles. The van der Waals surface area contributed by atoms with Crippen LogP contribution in [0, 0.1) is 10.8 Å². The van der Waals surface area contributed by atoms with Crippen LogP contribution in [0.15, 0.2) is 42.9 Å². The van der Waals surface area contributed by atoms with Crippen molar-refractivity contribution in [3.63, 3.8) is 0 Å². The van der Waals surface area contributed by atoms with E-state index in [1.165, 1.54) is 12.5 Å². The third kappa shape index (κ3) is 7.59. The smallest absolute Gasteiger partial charge is 0.317 e. The molecule has 0 fully saturated rings. The van der Waals surface area contributed by atoms with Gasteiger partial charge in [0.05, 0.1) is 24.0 Å². The molecule has 0 aromatic heterocycles. The molecule has 0 aliphatic carbocycles. The minimum Gasteiger partial charge on any atom is -0.498 e. The molecule has 1 N–H and O–H groups in total. The van der Waals surface area contributed by atoms with Gasteiger partial charge in [-0.15, -0.1) is 0 Å². The maximum atomic E-state index is 12.2. The Morgan fingerprint density at radius 1 is 0.923 bits per heavy atom. The molecule has 0 aliphatic heterocycles. The van der Waals surface area contributed by atoms with Gasteiger partial charge in [-0.2, -0.15) is 0 Å². The fraction of sp³-hybridized carbons (Fsp3) is 0.500. The van der Waals surface area contributed by atoms with Crippen LogP contribution < -0.4 is 4.74 Å². The van der Waals surface area contributed by atoms with Crippen LogP contribution in [0.3, 0.4) is 0 Å². The van der Waals surface area contributed by atoms with E-state index in [1.807, 2.05) is 6.07 Å². The number of hydrogen-bond donors (Lipinski definition) is 1. The van der Waals surface area contributed by atoms with Crippen molar-refractivity contribution in [3.8, 4) is 5.75 Å². The van der Waals surface area contributed by atoms with Gasteiger partial charge in [0.15, 0.2) is 0 Å². The first-order chi connectivity index (χ1) is 12.1. The molecule has 1 aromatic rings. The van der Waals surface area contributed by atoms with E-state index in [4.69, 9.17) is 19.3 Å². The van der Waals surface area contributed by atoms with Crippen LogP contribution in [0.2, 0.25) is 0 Å². The summed E-state index contributed by atoms with van der Waals surface area (Å²) < 4.78 is 15.9. The third-order valence-corrected chi connectivity index (χ3v) is 4.02. The van der Waals surface area contributed by atoms with Gasteiger partial charge in [-0.3, -0.25) is 9.59 Å². The number of aliphatic carboxylic acids is 1. The Bertz CT molecular complexity index is 604. The Morgan fingerprint density at radius 2 is 1.42 bits per heavy atom. The molecule has 26 heavy (non-hydrogen) atoms. The number of carbonyl (C=O) groups excluding carboxylic acids is 1. The second-order valence-electron chi connectivity index (χ2n) is 7.29. The van der Waals surface area contributed by atoms with Crippen molar-refractivity contribution in [3.05, 3.63) is 42.9 Å². The summed E-state index contributed by atoms with van der Waals surface area (Å²) in [7, 11) is 0. The molecule has 0 atom stereocenters. The Morgan fingerprint density at radius 3 is 1.92 bits per heavy atom. The van der Waals surface area contributed by atoms with Gasteiger partial charge in [-0.05, 0) is 52.7 Å². The lowest BCUT2D eigenvalue weighted by Gasteiger charge is -2.21. The maximum absolute atomic E-state index is 12.2. The minimum absolute atomic E-state index is 0.286. The van der Waals surface area contributed by atoms with Crippen LogP contribution >= 0.6 is 0 Å². The van der Waals surface area contributed by atoms with Gasteiger partial charge in [0, 0.05) is 0 Å². The van der Waals surface area contributed by atoms with Crippen LogP contribution in [0.4, 0.5) is 0 Å². The van der Waals surface area contributed by atoms with Crippen molar-refractivity contribution in [2.24, 2.45) is 10.8 Å². The van der Waals surface area contributed by atoms with Gasteiger partial charge in [0.2, 0.25) is 0 Å². The van der Waals surface area contributed by atoms with Gasteiger partial charge in [0.25, 0.3) is 0 Å². The lowest BCUT2D eigenvalue weighted by molar-refractivity contribution is -0.148. The minimum atomic E-state index is -0.856. The SMILES string of the molecule is CC(C)(CCO/C=C/OCCC(C)(C)C(=O)Oc1ccccc1)C(=O)O. The van der Waals surface area contributed by atoms with Gasteiger partial charge >= 0.3 is 11.9 Å². The monoisotopic (exact) mass is 364 g/mol. The Balaban J connectivity index is 2.25. The van der Waals surface area contributed by atoms with Crippen molar-refractivity contribution in [1.29, 1.82) is 0 Å². The lowest BCUT2D eigenvalue weighted by atomic mass is 9.90. The summed E-state index contributed by atoms with van der Waals surface area (Å²) in [6.45, 7) is 7.52. The number of rotatable bonds is 11. The number of benzene rings is 1. The van der Waals surface area contributed by atoms with E-state index in [1.54, 1.807) is 52.0 Å². The number of carboxylic acid groups (broad SMARTS) is 1. The highest BCUT2D eigenvalue weighted by atomic mass is 16.5. The summed E-state index contributed by atoms with van der Waals surface area (Å²) in [4.78, 5) is 23.2. The molecule has 0 radical (unpaired) electrons. The maximum Gasteiger partial charge on any atom is 0.317 e. The molecule has 0 saturated heterocycles. The predicted octanol–water partition coefficient (Wildman–Crippen LogP) is 4.01. The molecule has 0 unspecified atom stereocenters. The van der Waals surface area contributed by atoms with Gasteiger partial charge in [-0.25, -0.2) is 0 Å². The summed E-state index contributed by atoms with van der Waals surface area (Å²) in [5.41, 5.74) is -1.51. The van der Waals surface area contributed by atoms with E-state index >= 15 is 0 Å². The van der Waals surface area contributed by atoms with Crippen molar-refractivity contribution in [2.45, 2.75) is 40.5 Å². The average Bonchev–Trinajstić information content (AvgIpc) is 2.57. The zero-order valence-corrected chi connectivity index (χ0v) is 15.9. The largest absolute Gasteiger partial charge is 0.498 e. The van der Waals surface area contributed by atoms with Crippen LogP contribution in [-0.2, 0) is 19.1 Å². The van der Waals surface area contributed by atoms with E-state index in [-0.39, 0.29) is 12.6 Å². The summed E-state index contributed by atoms with van der Waals surface area (Å²) in [6.07, 6.45) is 3.65. The number of carbonyl (C=O) groups is 2. The number of para-hydroxylation sites is 1. The molecular weight excluding hydrogens is 336 g/mol. The summed E-state index contributed by atoms with van der Waals surface area (Å²) in [5, 5.41) is 8.99. The van der Waals surface area contributed by atoms with E-state index in [0.29, 0.717) is 25.2 Å². The molecule has 0 amide bonds. The van der Waals surface area contributed by atoms with E-state index < -0.39 is 16.8 Å². The molecule has 0 spiro atoms. The molecular formula is C20H28O6. The third-order valence-electron chi connectivity index (χ3n) is 4.02. The van der Waals surface area contributed by atoms with Crippen LogP contribution in [0.5, 0.6) is 5.75 Å². The highest BCUT2D eigenvalue weighted by Gasteiger charge is 2.29. The van der Waals surface area contributed by atoms with Crippen LogP contribution in [-0.4, -0.2) is 30.3 Å². The van der Waals surface area contributed by atoms with Gasteiger partial charge < -0.3 is 19.3 Å². The van der Waals surface area contributed by atoms with E-state index in [2.05, 4.69) is 0 Å². The van der Waals surface area contributed by atoms with Gasteiger partial charge in [-0.1, -0.05) is 18.2 Å². The number of hydrogen-bond acceptors (Lipinski definition) is 5. The first kappa shape index (κ1) is 21.5. The van der Waals surface area contributed by atoms with Crippen molar-refractivity contribution >= 4 is 11.9 Å². The van der Waals surface area contributed by atoms with Gasteiger partial charge in [0.1, 0.15) is 18.3 Å². The molecule has 1 aromatic carbocycles. The Labute approximate surface area is 154 Å².